The molecule has 0 radical (unpaired) electrons. The minimum Gasteiger partial charge on any atom is -0.387 e. The molecule has 0 spiro atoms. The molecule has 1 aliphatic carbocycles. The van der Waals surface area contributed by atoms with Gasteiger partial charge in [0.25, 0.3) is 0 Å². The van der Waals surface area contributed by atoms with Crippen LogP contribution in [0.15, 0.2) is 18.2 Å². The Labute approximate surface area is 147 Å². The maximum Gasteiger partial charge on any atom is 0.159 e. The normalized spacial score (nSPS) is 14.7. The number of rotatable bonds is 4. The van der Waals surface area contributed by atoms with Crippen molar-refractivity contribution in [2.24, 2.45) is 0 Å². The maximum absolute atomic E-state index is 13.3. The van der Waals surface area contributed by atoms with Crippen LogP contribution in [0.25, 0.3) is 10.2 Å². The Morgan fingerprint density at radius 2 is 2.08 bits per heavy atom. The summed E-state index contributed by atoms with van der Waals surface area (Å²) < 4.78 is 26.4. The Kier molecular flexibility index (Phi) is 4.13. The number of nitrogens with zero attached hydrogens (tertiary/aromatic N) is 2. The number of benzene rings is 1. The van der Waals surface area contributed by atoms with Crippen LogP contribution in [-0.2, 0) is 12.8 Å². The van der Waals surface area contributed by atoms with Gasteiger partial charge in [0, 0.05) is 11.4 Å². The molecule has 0 bridgehead atoms. The standard InChI is InChI=1S/C18H17F2N3OS/c1-9-22-17(16-11-3-2-4-15(11)25-18(16)23-9)21-8-14(24)10-5-6-12(19)13(20)7-10/h5-7,14,24H,2-4,8H2,1H3,(H,21,22,23)/t14-/m0/s1. The van der Waals surface area contributed by atoms with E-state index in [-0.39, 0.29) is 6.54 Å². The molecule has 3 aromatic rings. The lowest BCUT2D eigenvalue weighted by atomic mass is 10.1. The van der Waals surface area contributed by atoms with Gasteiger partial charge in [0.1, 0.15) is 16.5 Å². The Bertz CT molecular complexity index is 957. The summed E-state index contributed by atoms with van der Waals surface area (Å²) in [5, 5.41) is 14.5. The number of hydrogen-bond acceptors (Lipinski definition) is 5. The van der Waals surface area contributed by atoms with E-state index in [4.69, 9.17) is 0 Å². The van der Waals surface area contributed by atoms with Crippen molar-refractivity contribution < 1.29 is 13.9 Å². The molecule has 0 unspecified atom stereocenters. The van der Waals surface area contributed by atoms with E-state index >= 15 is 0 Å². The van der Waals surface area contributed by atoms with Crippen molar-refractivity contribution in [1.82, 2.24) is 9.97 Å². The summed E-state index contributed by atoms with van der Waals surface area (Å²) in [4.78, 5) is 11.3. The van der Waals surface area contributed by atoms with Gasteiger partial charge in [-0.15, -0.1) is 11.3 Å². The lowest BCUT2D eigenvalue weighted by Gasteiger charge is -2.14. The molecule has 2 heterocycles. The highest BCUT2D eigenvalue weighted by Gasteiger charge is 2.22. The molecule has 0 amide bonds. The predicted octanol–water partition coefficient (Wildman–Crippen LogP) is 3.91. The second-order valence-corrected chi connectivity index (χ2v) is 7.31. The van der Waals surface area contributed by atoms with E-state index in [0.717, 1.165) is 41.6 Å². The van der Waals surface area contributed by atoms with Crippen LogP contribution in [0.3, 0.4) is 0 Å². The molecule has 1 aromatic carbocycles. The highest BCUT2D eigenvalue weighted by Crippen LogP contribution is 2.39. The van der Waals surface area contributed by atoms with Crippen LogP contribution in [-0.4, -0.2) is 21.6 Å². The summed E-state index contributed by atoms with van der Waals surface area (Å²) >= 11 is 1.70. The van der Waals surface area contributed by atoms with E-state index in [2.05, 4.69) is 15.3 Å². The summed E-state index contributed by atoms with van der Waals surface area (Å²) in [6, 6.07) is 3.42. The minimum atomic E-state index is -0.966. The van der Waals surface area contributed by atoms with Crippen molar-refractivity contribution in [3.8, 4) is 0 Å². The molecule has 7 heteroatoms. The SMILES string of the molecule is Cc1nc(NC[C@H](O)c2ccc(F)c(F)c2)c2c3c(sc2n1)CCC3. The third-order valence-corrected chi connectivity index (χ3v) is 5.65. The van der Waals surface area contributed by atoms with Crippen LogP contribution >= 0.6 is 11.3 Å². The number of thiophene rings is 1. The first-order valence-electron chi connectivity index (χ1n) is 8.18. The number of hydrogen-bond donors (Lipinski definition) is 2. The van der Waals surface area contributed by atoms with Crippen LogP contribution in [0, 0.1) is 18.6 Å². The summed E-state index contributed by atoms with van der Waals surface area (Å²) in [5.41, 5.74) is 1.62. The number of aryl methyl sites for hydroxylation is 3. The van der Waals surface area contributed by atoms with Gasteiger partial charge in [-0.05, 0) is 49.4 Å². The van der Waals surface area contributed by atoms with E-state index in [1.165, 1.54) is 16.5 Å². The second kappa shape index (κ2) is 6.31. The summed E-state index contributed by atoms with van der Waals surface area (Å²) in [7, 11) is 0. The van der Waals surface area contributed by atoms with Gasteiger partial charge in [-0.1, -0.05) is 6.07 Å². The summed E-state index contributed by atoms with van der Waals surface area (Å²) in [6.07, 6.45) is 2.27. The third-order valence-electron chi connectivity index (χ3n) is 4.47. The molecule has 0 saturated heterocycles. The average Bonchev–Trinajstić information content (AvgIpc) is 3.15. The lowest BCUT2D eigenvalue weighted by molar-refractivity contribution is 0.191. The highest BCUT2D eigenvalue weighted by atomic mass is 32.1. The molecule has 4 rings (SSSR count). The number of anilines is 1. The van der Waals surface area contributed by atoms with Crippen molar-refractivity contribution in [2.45, 2.75) is 32.3 Å². The first-order valence-corrected chi connectivity index (χ1v) is 9.00. The predicted molar refractivity (Wildman–Crippen MR) is 94.0 cm³/mol. The van der Waals surface area contributed by atoms with E-state index in [9.17, 15) is 13.9 Å². The van der Waals surface area contributed by atoms with Crippen LogP contribution in [0.5, 0.6) is 0 Å². The molecule has 25 heavy (non-hydrogen) atoms. The smallest absolute Gasteiger partial charge is 0.159 e. The average molecular weight is 361 g/mol. The molecule has 1 atom stereocenters. The Morgan fingerprint density at radius 3 is 2.88 bits per heavy atom. The lowest BCUT2D eigenvalue weighted by Crippen LogP contribution is -2.14. The monoisotopic (exact) mass is 361 g/mol. The van der Waals surface area contributed by atoms with Crippen LogP contribution in [0.1, 0.15) is 34.4 Å². The molecule has 0 fully saturated rings. The Morgan fingerprint density at radius 1 is 1.24 bits per heavy atom. The van der Waals surface area contributed by atoms with Crippen LogP contribution < -0.4 is 5.32 Å². The van der Waals surface area contributed by atoms with Crippen LogP contribution in [0.2, 0.25) is 0 Å². The van der Waals surface area contributed by atoms with Gasteiger partial charge in [-0.2, -0.15) is 0 Å². The fourth-order valence-electron chi connectivity index (χ4n) is 3.26. The molecular formula is C18H17F2N3OS. The zero-order valence-electron chi connectivity index (χ0n) is 13.6. The minimum absolute atomic E-state index is 0.154. The van der Waals surface area contributed by atoms with E-state index in [1.807, 2.05) is 6.92 Å². The first-order chi connectivity index (χ1) is 12.0. The topological polar surface area (TPSA) is 58.0 Å². The number of aliphatic hydroxyl groups is 1. The van der Waals surface area contributed by atoms with E-state index < -0.39 is 17.7 Å². The fourth-order valence-corrected chi connectivity index (χ4v) is 4.57. The second-order valence-electron chi connectivity index (χ2n) is 6.23. The van der Waals surface area contributed by atoms with Crippen molar-refractivity contribution >= 4 is 27.4 Å². The van der Waals surface area contributed by atoms with Crippen molar-refractivity contribution in [1.29, 1.82) is 0 Å². The molecular weight excluding hydrogens is 344 g/mol. The number of nitrogens with one attached hydrogen (secondary N) is 1. The molecule has 0 aliphatic heterocycles. The Balaban J connectivity index is 1.61. The Hall–Kier alpha value is -2.12. The number of aromatic nitrogens is 2. The van der Waals surface area contributed by atoms with Gasteiger partial charge in [0.05, 0.1) is 11.5 Å². The zero-order valence-corrected chi connectivity index (χ0v) is 14.5. The van der Waals surface area contributed by atoms with Gasteiger partial charge in [0.15, 0.2) is 11.6 Å². The van der Waals surface area contributed by atoms with Gasteiger partial charge in [-0.25, -0.2) is 18.7 Å². The van der Waals surface area contributed by atoms with E-state index in [0.29, 0.717) is 17.2 Å². The molecule has 130 valence electrons. The third kappa shape index (κ3) is 2.98. The van der Waals surface area contributed by atoms with Crippen molar-refractivity contribution in [2.75, 3.05) is 11.9 Å². The molecule has 2 N–H and O–H groups in total. The van der Waals surface area contributed by atoms with E-state index in [1.54, 1.807) is 11.3 Å². The number of aliphatic hydroxyl groups excluding tert-OH is 1. The zero-order chi connectivity index (χ0) is 17.6. The molecule has 2 aromatic heterocycles. The molecule has 4 nitrogen and oxygen atoms in total. The van der Waals surface area contributed by atoms with Gasteiger partial charge < -0.3 is 10.4 Å². The summed E-state index contributed by atoms with van der Waals surface area (Å²) in [6.45, 7) is 1.99. The van der Waals surface area contributed by atoms with Crippen molar-refractivity contribution in [3.05, 3.63) is 51.7 Å². The number of fused-ring (bicyclic) bond motifs is 3. The quantitative estimate of drug-likeness (QED) is 0.740. The number of halogens is 2. The van der Waals surface area contributed by atoms with Crippen LogP contribution in [0.4, 0.5) is 14.6 Å². The highest BCUT2D eigenvalue weighted by molar-refractivity contribution is 7.19. The largest absolute Gasteiger partial charge is 0.387 e. The molecule has 0 saturated carbocycles. The first kappa shape index (κ1) is 16.4. The van der Waals surface area contributed by atoms with Gasteiger partial charge >= 0.3 is 0 Å². The van der Waals surface area contributed by atoms with Gasteiger partial charge in [-0.3, -0.25) is 0 Å². The molecule has 1 aliphatic rings. The van der Waals surface area contributed by atoms with Gasteiger partial charge in [0.2, 0.25) is 0 Å². The maximum atomic E-state index is 13.3. The van der Waals surface area contributed by atoms with Crippen molar-refractivity contribution in [3.63, 3.8) is 0 Å². The summed E-state index contributed by atoms with van der Waals surface area (Å²) in [5.74, 6) is -0.529. The fraction of sp³-hybridized carbons (Fsp3) is 0.333.